The highest BCUT2D eigenvalue weighted by Gasteiger charge is 2.25. The molecule has 2 aromatic rings. The fraction of sp³-hybridized carbons (Fsp3) is 0.467. The third kappa shape index (κ3) is 3.55. The molecule has 2 aromatic heterocycles. The Bertz CT molecular complexity index is 676. The molecule has 1 atom stereocenters. The molecule has 9 nitrogen and oxygen atoms in total. The molecule has 0 radical (unpaired) electrons. The highest BCUT2D eigenvalue weighted by atomic mass is 16.5. The van der Waals surface area contributed by atoms with Crippen molar-refractivity contribution in [2.24, 2.45) is 0 Å². The van der Waals surface area contributed by atoms with E-state index in [4.69, 9.17) is 14.2 Å². The molecule has 3 heterocycles. The van der Waals surface area contributed by atoms with Gasteiger partial charge in [-0.1, -0.05) is 0 Å². The summed E-state index contributed by atoms with van der Waals surface area (Å²) >= 11 is 0. The van der Waals surface area contributed by atoms with E-state index in [1.54, 1.807) is 26.4 Å². The van der Waals surface area contributed by atoms with Crippen LogP contribution in [0.2, 0.25) is 0 Å². The van der Waals surface area contributed by atoms with Gasteiger partial charge in [-0.05, 0) is 6.42 Å². The van der Waals surface area contributed by atoms with Gasteiger partial charge in [0.2, 0.25) is 11.8 Å². The number of nitrogens with zero attached hydrogens (tertiary/aromatic N) is 5. The lowest BCUT2D eigenvalue weighted by Crippen LogP contribution is -2.27. The summed E-state index contributed by atoms with van der Waals surface area (Å²) in [4.78, 5) is 18.9. The van der Waals surface area contributed by atoms with Crippen molar-refractivity contribution in [1.29, 1.82) is 0 Å². The molecule has 1 aliphatic heterocycles. The Morgan fingerprint density at radius 1 is 1.04 bits per heavy atom. The maximum absolute atomic E-state index is 5.20. The fourth-order valence-electron chi connectivity index (χ4n) is 2.58. The molecule has 0 saturated carbocycles. The summed E-state index contributed by atoms with van der Waals surface area (Å²) in [5.74, 6) is 2.54. The molecule has 1 unspecified atom stereocenters. The number of nitrogens with one attached hydrogen (secondary N) is 1. The molecule has 0 aliphatic carbocycles. The standard InChI is InChI=1S/C15H20N6O3/c1-22-13-6-11(16-9-17-13)18-10-4-5-21(8-10)12-7-14(23-2)20-15(19-12)24-3/h6-7,9-10H,4-5,8H2,1-3H3,(H,16,17,18). The first kappa shape index (κ1) is 16.0. The Morgan fingerprint density at radius 3 is 2.62 bits per heavy atom. The highest BCUT2D eigenvalue weighted by molar-refractivity contribution is 5.46. The zero-order chi connectivity index (χ0) is 16.9. The Labute approximate surface area is 140 Å². The molecule has 9 heteroatoms. The molecule has 1 saturated heterocycles. The molecule has 3 rings (SSSR count). The van der Waals surface area contributed by atoms with E-state index in [0.29, 0.717) is 17.8 Å². The number of aromatic nitrogens is 4. The van der Waals surface area contributed by atoms with Crippen LogP contribution in [0.4, 0.5) is 11.6 Å². The van der Waals surface area contributed by atoms with Gasteiger partial charge in [0.25, 0.3) is 0 Å². The molecule has 1 fully saturated rings. The van der Waals surface area contributed by atoms with Crippen molar-refractivity contribution < 1.29 is 14.2 Å². The van der Waals surface area contributed by atoms with Gasteiger partial charge in [0.15, 0.2) is 0 Å². The Balaban J connectivity index is 1.68. The third-order valence-corrected chi connectivity index (χ3v) is 3.78. The normalized spacial score (nSPS) is 16.8. The van der Waals surface area contributed by atoms with Gasteiger partial charge in [-0.2, -0.15) is 9.97 Å². The van der Waals surface area contributed by atoms with Gasteiger partial charge >= 0.3 is 6.01 Å². The van der Waals surface area contributed by atoms with Crippen molar-refractivity contribution in [1.82, 2.24) is 19.9 Å². The molecule has 128 valence electrons. The number of hydrogen-bond donors (Lipinski definition) is 1. The first-order valence-corrected chi connectivity index (χ1v) is 7.56. The van der Waals surface area contributed by atoms with Crippen LogP contribution >= 0.6 is 0 Å². The highest BCUT2D eigenvalue weighted by Crippen LogP contribution is 2.25. The lowest BCUT2D eigenvalue weighted by atomic mass is 10.2. The van der Waals surface area contributed by atoms with E-state index < -0.39 is 0 Å². The van der Waals surface area contributed by atoms with Gasteiger partial charge in [-0.25, -0.2) is 9.97 Å². The fourth-order valence-corrected chi connectivity index (χ4v) is 2.58. The lowest BCUT2D eigenvalue weighted by molar-refractivity contribution is 0.352. The minimum absolute atomic E-state index is 0.247. The summed E-state index contributed by atoms with van der Waals surface area (Å²) in [5, 5.41) is 3.39. The monoisotopic (exact) mass is 332 g/mol. The van der Waals surface area contributed by atoms with Crippen LogP contribution in [0.1, 0.15) is 6.42 Å². The van der Waals surface area contributed by atoms with Gasteiger partial charge in [-0.15, -0.1) is 0 Å². The summed E-state index contributed by atoms with van der Waals surface area (Å²) in [7, 11) is 4.69. The number of methoxy groups -OCH3 is 3. The summed E-state index contributed by atoms with van der Waals surface area (Å²) in [5.41, 5.74) is 0. The van der Waals surface area contributed by atoms with E-state index in [1.165, 1.54) is 13.4 Å². The van der Waals surface area contributed by atoms with Crippen LogP contribution in [-0.4, -0.2) is 60.4 Å². The van der Waals surface area contributed by atoms with E-state index in [1.807, 2.05) is 0 Å². The van der Waals surface area contributed by atoms with Crippen LogP contribution in [0, 0.1) is 0 Å². The van der Waals surface area contributed by atoms with Crippen LogP contribution in [0.3, 0.4) is 0 Å². The summed E-state index contributed by atoms with van der Waals surface area (Å²) < 4.78 is 15.4. The second-order valence-electron chi connectivity index (χ2n) is 5.28. The maximum Gasteiger partial charge on any atom is 0.321 e. The number of ether oxygens (including phenoxy) is 3. The number of hydrogen-bond acceptors (Lipinski definition) is 9. The molecule has 0 spiro atoms. The summed E-state index contributed by atoms with van der Waals surface area (Å²) in [6.45, 7) is 1.65. The van der Waals surface area contributed by atoms with E-state index in [2.05, 4.69) is 30.2 Å². The van der Waals surface area contributed by atoms with Crippen LogP contribution in [0.5, 0.6) is 17.8 Å². The zero-order valence-corrected chi connectivity index (χ0v) is 13.9. The topological polar surface area (TPSA) is 94.5 Å². The van der Waals surface area contributed by atoms with Gasteiger partial charge in [-0.3, -0.25) is 0 Å². The SMILES string of the molecule is COc1cc(NC2CCN(c3cc(OC)nc(OC)n3)C2)ncn1. The Morgan fingerprint density at radius 2 is 1.88 bits per heavy atom. The average Bonchev–Trinajstić information content (AvgIpc) is 3.09. The quantitative estimate of drug-likeness (QED) is 0.830. The van der Waals surface area contributed by atoms with Crippen LogP contribution in [0.25, 0.3) is 0 Å². The molecular formula is C15H20N6O3. The lowest BCUT2D eigenvalue weighted by Gasteiger charge is -2.19. The van der Waals surface area contributed by atoms with Crippen molar-refractivity contribution in [3.05, 3.63) is 18.5 Å². The predicted molar refractivity (Wildman–Crippen MR) is 88.0 cm³/mol. The molecule has 1 N–H and O–H groups in total. The minimum Gasteiger partial charge on any atom is -0.481 e. The third-order valence-electron chi connectivity index (χ3n) is 3.78. The van der Waals surface area contributed by atoms with Crippen LogP contribution in [0.15, 0.2) is 18.5 Å². The Kier molecular flexibility index (Phi) is 4.78. The van der Waals surface area contributed by atoms with E-state index in [9.17, 15) is 0 Å². The van der Waals surface area contributed by atoms with Crippen LogP contribution < -0.4 is 24.4 Å². The second kappa shape index (κ2) is 7.16. The largest absolute Gasteiger partial charge is 0.481 e. The average molecular weight is 332 g/mol. The second-order valence-corrected chi connectivity index (χ2v) is 5.28. The number of anilines is 2. The van der Waals surface area contributed by atoms with E-state index in [0.717, 1.165) is 31.1 Å². The maximum atomic E-state index is 5.20. The first-order valence-electron chi connectivity index (χ1n) is 7.56. The van der Waals surface area contributed by atoms with Crippen molar-refractivity contribution in [2.75, 3.05) is 44.6 Å². The number of rotatable bonds is 6. The molecule has 0 bridgehead atoms. The molecular weight excluding hydrogens is 312 g/mol. The smallest absolute Gasteiger partial charge is 0.321 e. The zero-order valence-electron chi connectivity index (χ0n) is 13.9. The summed E-state index contributed by atoms with van der Waals surface area (Å²) in [6, 6.07) is 4.12. The van der Waals surface area contributed by atoms with Crippen molar-refractivity contribution in [3.8, 4) is 17.8 Å². The predicted octanol–water partition coefficient (Wildman–Crippen LogP) is 0.983. The van der Waals surface area contributed by atoms with Gasteiger partial charge in [0, 0.05) is 31.3 Å². The van der Waals surface area contributed by atoms with Gasteiger partial charge in [0.05, 0.1) is 21.3 Å². The van der Waals surface area contributed by atoms with Crippen LogP contribution in [-0.2, 0) is 0 Å². The molecule has 0 amide bonds. The Hall–Kier alpha value is -2.84. The van der Waals surface area contributed by atoms with E-state index in [-0.39, 0.29) is 6.04 Å². The van der Waals surface area contributed by atoms with Crippen molar-refractivity contribution in [2.45, 2.75) is 12.5 Å². The minimum atomic E-state index is 0.247. The summed E-state index contributed by atoms with van der Waals surface area (Å²) in [6.07, 6.45) is 2.44. The van der Waals surface area contributed by atoms with Crippen molar-refractivity contribution in [3.63, 3.8) is 0 Å². The van der Waals surface area contributed by atoms with Crippen molar-refractivity contribution >= 4 is 11.6 Å². The molecule has 0 aromatic carbocycles. The molecule has 24 heavy (non-hydrogen) atoms. The van der Waals surface area contributed by atoms with E-state index >= 15 is 0 Å². The first-order chi connectivity index (χ1) is 11.7. The molecule has 1 aliphatic rings. The van der Waals surface area contributed by atoms with Gasteiger partial charge < -0.3 is 24.4 Å². The van der Waals surface area contributed by atoms with Gasteiger partial charge in [0.1, 0.15) is 18.0 Å².